The van der Waals surface area contributed by atoms with E-state index in [4.69, 9.17) is 9.84 Å². The van der Waals surface area contributed by atoms with E-state index in [9.17, 15) is 9.59 Å². The smallest absolute Gasteiger partial charge is 0.309 e. The zero-order valence-electron chi connectivity index (χ0n) is 22.7. The Kier molecular flexibility index (Phi) is 25.3. The molecule has 4 heteroatoms. The van der Waals surface area contributed by atoms with Crippen LogP contribution in [0, 0.1) is 5.92 Å². The summed E-state index contributed by atoms with van der Waals surface area (Å²) in [6.07, 6.45) is 30.7. The maximum Gasteiger partial charge on any atom is 0.309 e. The molecule has 0 aromatic carbocycles. The van der Waals surface area contributed by atoms with Gasteiger partial charge in [0.25, 0.3) is 0 Å². The van der Waals surface area contributed by atoms with Gasteiger partial charge in [0.05, 0.1) is 18.9 Å². The highest BCUT2D eigenvalue weighted by Crippen LogP contribution is 2.18. The minimum atomic E-state index is -0.917. The molecule has 34 heavy (non-hydrogen) atoms. The summed E-state index contributed by atoms with van der Waals surface area (Å²) < 4.78 is 5.15. The van der Waals surface area contributed by atoms with Crippen molar-refractivity contribution >= 4 is 11.9 Å². The van der Waals surface area contributed by atoms with Crippen LogP contribution < -0.4 is 0 Å². The number of carbonyl (C=O) groups is 2. The Morgan fingerprint density at radius 2 is 1.09 bits per heavy atom. The molecule has 1 atom stereocenters. The molecule has 4 nitrogen and oxygen atoms in total. The molecule has 0 saturated heterocycles. The van der Waals surface area contributed by atoms with Crippen molar-refractivity contribution in [1.82, 2.24) is 0 Å². The van der Waals surface area contributed by atoms with Gasteiger partial charge in [0, 0.05) is 0 Å². The Bertz CT molecular complexity index is 486. The second-order valence-electron chi connectivity index (χ2n) is 9.96. The van der Waals surface area contributed by atoms with Crippen molar-refractivity contribution in [2.45, 2.75) is 155 Å². The van der Waals surface area contributed by atoms with Crippen molar-refractivity contribution in [2.24, 2.45) is 5.92 Å². The molecule has 0 radical (unpaired) electrons. The van der Waals surface area contributed by atoms with Gasteiger partial charge < -0.3 is 9.84 Å². The molecule has 0 fully saturated rings. The molecule has 0 aromatic heterocycles. The van der Waals surface area contributed by atoms with E-state index in [-0.39, 0.29) is 12.4 Å². The van der Waals surface area contributed by atoms with Gasteiger partial charge >= 0.3 is 11.9 Å². The Labute approximate surface area is 211 Å². The molecule has 0 amide bonds. The van der Waals surface area contributed by atoms with E-state index in [0.29, 0.717) is 13.0 Å². The first-order chi connectivity index (χ1) is 16.6. The molecule has 0 saturated carbocycles. The van der Waals surface area contributed by atoms with Crippen LogP contribution in [0.5, 0.6) is 0 Å². The normalized spacial score (nSPS) is 12.3. The van der Waals surface area contributed by atoms with Gasteiger partial charge in [-0.25, -0.2) is 0 Å². The van der Waals surface area contributed by atoms with E-state index in [2.05, 4.69) is 19.1 Å². The number of carboxylic acid groups (broad SMARTS) is 1. The molecule has 0 aliphatic heterocycles. The van der Waals surface area contributed by atoms with Gasteiger partial charge in [-0.3, -0.25) is 9.59 Å². The summed E-state index contributed by atoms with van der Waals surface area (Å²) in [5.41, 5.74) is 0. The van der Waals surface area contributed by atoms with Crippen LogP contribution in [0.15, 0.2) is 12.2 Å². The zero-order chi connectivity index (χ0) is 25.1. The maximum atomic E-state index is 12.0. The van der Waals surface area contributed by atoms with Gasteiger partial charge in [-0.05, 0) is 32.1 Å². The van der Waals surface area contributed by atoms with Crippen LogP contribution in [0.3, 0.4) is 0 Å². The lowest BCUT2D eigenvalue weighted by atomic mass is 9.97. The molecular weight excluding hydrogens is 424 g/mol. The Balaban J connectivity index is 3.40. The number of carboxylic acids is 1. The summed E-state index contributed by atoms with van der Waals surface area (Å²) in [7, 11) is 0. The van der Waals surface area contributed by atoms with Gasteiger partial charge in [-0.2, -0.15) is 0 Å². The summed E-state index contributed by atoms with van der Waals surface area (Å²) in [4.78, 5) is 23.0. The molecule has 0 spiro atoms. The first-order valence-electron chi connectivity index (χ1n) is 14.6. The van der Waals surface area contributed by atoms with Crippen molar-refractivity contribution in [1.29, 1.82) is 0 Å². The van der Waals surface area contributed by atoms with E-state index in [0.717, 1.165) is 19.3 Å². The maximum absolute atomic E-state index is 12.0. The van der Waals surface area contributed by atoms with Crippen LogP contribution in [-0.2, 0) is 14.3 Å². The van der Waals surface area contributed by atoms with Crippen LogP contribution in [0.25, 0.3) is 0 Å². The third-order valence-electron chi connectivity index (χ3n) is 6.52. The number of hydrogen-bond donors (Lipinski definition) is 1. The molecule has 1 N–H and O–H groups in total. The van der Waals surface area contributed by atoms with Crippen molar-refractivity contribution in [3.63, 3.8) is 0 Å². The molecule has 0 aliphatic rings. The average Bonchev–Trinajstić information content (AvgIpc) is 2.82. The summed E-state index contributed by atoms with van der Waals surface area (Å²) in [5, 5.41) is 9.02. The van der Waals surface area contributed by atoms with Gasteiger partial charge in [0.1, 0.15) is 0 Å². The third-order valence-corrected chi connectivity index (χ3v) is 6.52. The van der Waals surface area contributed by atoms with E-state index < -0.39 is 11.9 Å². The Morgan fingerprint density at radius 1 is 0.647 bits per heavy atom. The zero-order valence-corrected chi connectivity index (χ0v) is 22.7. The topological polar surface area (TPSA) is 63.6 Å². The lowest BCUT2D eigenvalue weighted by Crippen LogP contribution is -2.21. The highest BCUT2D eigenvalue weighted by molar-refractivity contribution is 5.79. The van der Waals surface area contributed by atoms with E-state index >= 15 is 0 Å². The average molecular weight is 481 g/mol. The number of hydrogen-bond acceptors (Lipinski definition) is 3. The van der Waals surface area contributed by atoms with Gasteiger partial charge in [0.15, 0.2) is 0 Å². The summed E-state index contributed by atoms with van der Waals surface area (Å²) in [6.45, 7) is 4.57. The Morgan fingerprint density at radius 3 is 1.53 bits per heavy atom. The predicted molar refractivity (Wildman–Crippen MR) is 144 cm³/mol. The van der Waals surface area contributed by atoms with E-state index in [1.165, 1.54) is 109 Å². The first kappa shape index (κ1) is 32.7. The molecule has 200 valence electrons. The number of aliphatic carboxylic acids is 1. The van der Waals surface area contributed by atoms with E-state index in [1.807, 2.05) is 6.92 Å². The quantitative estimate of drug-likeness (QED) is 0.0760. The molecule has 0 aromatic rings. The molecule has 0 heterocycles. The number of rotatable bonds is 26. The number of carbonyl (C=O) groups excluding carboxylic acids is 1. The van der Waals surface area contributed by atoms with Gasteiger partial charge in [0.2, 0.25) is 0 Å². The molecule has 0 rings (SSSR count). The number of allylic oxidation sites excluding steroid dienone is 2. The van der Waals surface area contributed by atoms with Crippen LogP contribution >= 0.6 is 0 Å². The molecule has 0 bridgehead atoms. The van der Waals surface area contributed by atoms with Crippen LogP contribution in [0.4, 0.5) is 0 Å². The van der Waals surface area contributed by atoms with Crippen LogP contribution in [0.1, 0.15) is 155 Å². The first-order valence-corrected chi connectivity index (χ1v) is 14.6. The monoisotopic (exact) mass is 480 g/mol. The van der Waals surface area contributed by atoms with Crippen molar-refractivity contribution in [2.75, 3.05) is 6.61 Å². The second kappa shape index (κ2) is 26.3. The van der Waals surface area contributed by atoms with E-state index in [1.54, 1.807) is 0 Å². The fourth-order valence-electron chi connectivity index (χ4n) is 4.34. The minimum Gasteiger partial charge on any atom is -0.481 e. The van der Waals surface area contributed by atoms with Crippen molar-refractivity contribution < 1.29 is 19.4 Å². The van der Waals surface area contributed by atoms with Crippen LogP contribution in [0.2, 0.25) is 0 Å². The lowest BCUT2D eigenvalue weighted by Gasteiger charge is -2.13. The summed E-state index contributed by atoms with van der Waals surface area (Å²) in [5.74, 6) is -1.74. The summed E-state index contributed by atoms with van der Waals surface area (Å²) in [6, 6.07) is 0. The third kappa shape index (κ3) is 23.8. The lowest BCUT2D eigenvalue weighted by molar-refractivity contribution is -0.153. The highest BCUT2D eigenvalue weighted by Gasteiger charge is 2.22. The fourth-order valence-corrected chi connectivity index (χ4v) is 4.34. The number of unbranched alkanes of at least 4 members (excludes halogenated alkanes) is 17. The largest absolute Gasteiger partial charge is 0.481 e. The highest BCUT2D eigenvalue weighted by atomic mass is 16.5. The second-order valence-corrected chi connectivity index (χ2v) is 9.96. The fraction of sp³-hybridized carbons (Fsp3) is 0.867. The molecular formula is C30H56O4. The SMILES string of the molecule is CCCC/C=C/CCCCCCCCCCCCCCCCCC(CC(=O)O)C(=O)OCCC. The van der Waals surface area contributed by atoms with Crippen molar-refractivity contribution in [3.05, 3.63) is 12.2 Å². The number of esters is 1. The van der Waals surface area contributed by atoms with Gasteiger partial charge in [-0.1, -0.05) is 129 Å². The predicted octanol–water partition coefficient (Wildman–Crippen LogP) is 9.41. The van der Waals surface area contributed by atoms with Crippen LogP contribution in [-0.4, -0.2) is 23.7 Å². The standard InChI is InChI=1S/C30H56O4/c1-3-5-6-7-8-9-10-11-12-13-14-15-16-17-18-19-20-21-22-23-24-25-28(27-29(31)32)30(33)34-26-4-2/h7-8,28H,3-6,9-27H2,1-2H3,(H,31,32)/b8-7+. The van der Waals surface area contributed by atoms with Gasteiger partial charge in [-0.15, -0.1) is 0 Å². The number of ether oxygens (including phenoxy) is 1. The molecule has 0 aliphatic carbocycles. The summed E-state index contributed by atoms with van der Waals surface area (Å²) >= 11 is 0. The Hall–Kier alpha value is -1.32. The van der Waals surface area contributed by atoms with Crippen molar-refractivity contribution in [3.8, 4) is 0 Å². The molecule has 1 unspecified atom stereocenters. The minimum absolute atomic E-state index is 0.112.